The second-order valence-corrected chi connectivity index (χ2v) is 7.27. The molecule has 1 fully saturated rings. The molecular formula is C20H19F3N4O2. The summed E-state index contributed by atoms with van der Waals surface area (Å²) in [4.78, 5) is 17.7. The molecule has 0 radical (unpaired) electrons. The first kappa shape index (κ1) is 19.2. The second kappa shape index (κ2) is 6.75. The molecule has 6 nitrogen and oxygen atoms in total. The van der Waals surface area contributed by atoms with Crippen molar-refractivity contribution in [2.24, 2.45) is 0 Å². The maximum atomic E-state index is 12.8. The van der Waals surface area contributed by atoms with Gasteiger partial charge in [-0.15, -0.1) is 0 Å². The maximum absolute atomic E-state index is 12.8. The number of carboxylic acid groups (broad SMARTS) is 1. The van der Waals surface area contributed by atoms with Crippen LogP contribution in [0.25, 0.3) is 5.65 Å². The highest BCUT2D eigenvalue weighted by Gasteiger charge is 2.36. The van der Waals surface area contributed by atoms with Crippen molar-refractivity contribution >= 4 is 17.4 Å². The van der Waals surface area contributed by atoms with E-state index in [0.717, 1.165) is 17.8 Å². The number of carbonyl (C=O) groups is 1. The van der Waals surface area contributed by atoms with Crippen LogP contribution in [0.4, 0.5) is 19.0 Å². The van der Waals surface area contributed by atoms with Crippen LogP contribution in [-0.4, -0.2) is 38.3 Å². The third-order valence-corrected chi connectivity index (χ3v) is 5.34. The van der Waals surface area contributed by atoms with E-state index in [4.69, 9.17) is 0 Å². The van der Waals surface area contributed by atoms with Crippen LogP contribution in [0, 0.1) is 6.92 Å². The molecule has 0 bridgehead atoms. The number of carboxylic acids is 1. The molecule has 2 atom stereocenters. The molecule has 152 valence electrons. The van der Waals surface area contributed by atoms with E-state index in [1.165, 1.54) is 12.1 Å². The maximum Gasteiger partial charge on any atom is 0.416 e. The highest BCUT2D eigenvalue weighted by atomic mass is 19.4. The monoisotopic (exact) mass is 404 g/mol. The molecule has 0 saturated carbocycles. The zero-order valence-electron chi connectivity index (χ0n) is 15.8. The summed E-state index contributed by atoms with van der Waals surface area (Å²) in [6.07, 6.45) is -3.81. The Balaban J connectivity index is 1.70. The highest BCUT2D eigenvalue weighted by Crippen LogP contribution is 2.33. The Bertz CT molecular complexity index is 1080. The first-order chi connectivity index (χ1) is 13.6. The molecule has 1 aromatic carbocycles. The van der Waals surface area contributed by atoms with Gasteiger partial charge in [-0.25, -0.2) is 9.78 Å². The van der Waals surface area contributed by atoms with Gasteiger partial charge in [0.15, 0.2) is 5.65 Å². The van der Waals surface area contributed by atoms with E-state index in [2.05, 4.69) is 10.1 Å². The predicted molar refractivity (Wildman–Crippen MR) is 100 cm³/mol. The van der Waals surface area contributed by atoms with Crippen LogP contribution in [0.5, 0.6) is 0 Å². The fourth-order valence-electron chi connectivity index (χ4n) is 3.56. The van der Waals surface area contributed by atoms with Crippen molar-refractivity contribution in [3.63, 3.8) is 0 Å². The van der Waals surface area contributed by atoms with Gasteiger partial charge in [-0.2, -0.15) is 22.8 Å². The lowest BCUT2D eigenvalue weighted by atomic mass is 9.97. The first-order valence-electron chi connectivity index (χ1n) is 9.19. The summed E-state index contributed by atoms with van der Waals surface area (Å²) in [6, 6.07) is 8.01. The van der Waals surface area contributed by atoms with Gasteiger partial charge in [0.2, 0.25) is 0 Å². The van der Waals surface area contributed by atoms with Crippen LogP contribution in [0.1, 0.15) is 41.8 Å². The second-order valence-electron chi connectivity index (χ2n) is 7.27. The number of hydrogen-bond donors (Lipinski definition) is 1. The van der Waals surface area contributed by atoms with E-state index in [1.54, 1.807) is 21.5 Å². The SMILES string of the molecule is Cc1cc(N2CC[C@H]2C(=O)O)n2nc(C(C)c3ccc(C(F)(F)F)cc3)cc2n1. The van der Waals surface area contributed by atoms with Crippen molar-refractivity contribution in [3.05, 3.63) is 58.9 Å². The Morgan fingerprint density at radius 2 is 1.93 bits per heavy atom. The van der Waals surface area contributed by atoms with Gasteiger partial charge in [0.25, 0.3) is 0 Å². The van der Waals surface area contributed by atoms with Gasteiger partial charge in [-0.05, 0) is 31.0 Å². The van der Waals surface area contributed by atoms with E-state index in [1.807, 2.05) is 13.8 Å². The standard InChI is InChI=1S/C20H19F3N4O2/c1-11-9-18(26-8-7-16(26)19(28)29)27-17(24-11)10-15(25-27)12(2)13-3-5-14(6-4-13)20(21,22)23/h3-6,9-10,12,16H,7-8H2,1-2H3,(H,28,29)/t12?,16-/m0/s1. The van der Waals surface area contributed by atoms with Crippen LogP contribution in [0.15, 0.2) is 36.4 Å². The number of fused-ring (bicyclic) bond motifs is 1. The molecule has 2 aromatic heterocycles. The summed E-state index contributed by atoms with van der Waals surface area (Å²) < 4.78 is 40.0. The van der Waals surface area contributed by atoms with Gasteiger partial charge >= 0.3 is 12.1 Å². The van der Waals surface area contributed by atoms with Gasteiger partial charge in [0.05, 0.1) is 11.3 Å². The summed E-state index contributed by atoms with van der Waals surface area (Å²) in [6.45, 7) is 4.30. The lowest BCUT2D eigenvalue weighted by molar-refractivity contribution is -0.140. The van der Waals surface area contributed by atoms with E-state index in [9.17, 15) is 23.1 Å². The Labute approximate surface area is 164 Å². The van der Waals surface area contributed by atoms with Crippen molar-refractivity contribution in [3.8, 4) is 0 Å². The zero-order chi connectivity index (χ0) is 20.9. The fraction of sp³-hybridized carbons (Fsp3) is 0.350. The zero-order valence-corrected chi connectivity index (χ0v) is 15.8. The summed E-state index contributed by atoms with van der Waals surface area (Å²) in [5.74, 6) is -0.486. The number of alkyl halides is 3. The lowest BCUT2D eigenvalue weighted by Gasteiger charge is -2.39. The molecule has 0 amide bonds. The van der Waals surface area contributed by atoms with Crippen LogP contribution >= 0.6 is 0 Å². The van der Waals surface area contributed by atoms with Crippen molar-refractivity contribution in [2.75, 3.05) is 11.4 Å². The van der Waals surface area contributed by atoms with E-state index in [-0.39, 0.29) is 5.92 Å². The summed E-state index contributed by atoms with van der Waals surface area (Å²) >= 11 is 0. The molecule has 1 unspecified atom stereocenters. The topological polar surface area (TPSA) is 70.7 Å². The van der Waals surface area contributed by atoms with Crippen molar-refractivity contribution in [1.29, 1.82) is 0 Å². The van der Waals surface area contributed by atoms with Gasteiger partial charge in [0.1, 0.15) is 11.9 Å². The van der Waals surface area contributed by atoms with Crippen molar-refractivity contribution in [2.45, 2.75) is 38.4 Å². The molecule has 3 aromatic rings. The van der Waals surface area contributed by atoms with Gasteiger partial charge in [-0.1, -0.05) is 19.1 Å². The fourth-order valence-corrected chi connectivity index (χ4v) is 3.56. The number of hydrogen-bond acceptors (Lipinski definition) is 4. The summed E-state index contributed by atoms with van der Waals surface area (Å²) in [7, 11) is 0. The molecule has 29 heavy (non-hydrogen) atoms. The van der Waals surface area contributed by atoms with Crippen LogP contribution < -0.4 is 4.90 Å². The quantitative estimate of drug-likeness (QED) is 0.715. The molecule has 1 N–H and O–H groups in total. The molecule has 0 spiro atoms. The molecule has 1 saturated heterocycles. The highest BCUT2D eigenvalue weighted by molar-refractivity contribution is 5.80. The number of rotatable bonds is 4. The Morgan fingerprint density at radius 1 is 1.24 bits per heavy atom. The Morgan fingerprint density at radius 3 is 2.48 bits per heavy atom. The molecule has 1 aliphatic heterocycles. The number of aromatic nitrogens is 3. The molecule has 1 aliphatic rings. The minimum Gasteiger partial charge on any atom is -0.480 e. The Kier molecular flexibility index (Phi) is 4.48. The van der Waals surface area contributed by atoms with Gasteiger partial charge in [-0.3, -0.25) is 0 Å². The number of benzene rings is 1. The van der Waals surface area contributed by atoms with E-state index < -0.39 is 23.8 Å². The summed E-state index contributed by atoms with van der Waals surface area (Å²) in [5.41, 5.74) is 1.96. The van der Waals surface area contributed by atoms with Gasteiger partial charge < -0.3 is 10.0 Å². The number of aliphatic carboxylic acids is 1. The van der Waals surface area contributed by atoms with Crippen LogP contribution in [0.3, 0.4) is 0 Å². The third kappa shape index (κ3) is 3.41. The van der Waals surface area contributed by atoms with Gasteiger partial charge in [0, 0.05) is 30.3 Å². The molecular weight excluding hydrogens is 385 g/mol. The average Bonchev–Trinajstić information content (AvgIpc) is 3.03. The van der Waals surface area contributed by atoms with Crippen molar-refractivity contribution in [1.82, 2.24) is 14.6 Å². The number of halogens is 3. The van der Waals surface area contributed by atoms with E-state index in [0.29, 0.717) is 35.7 Å². The summed E-state index contributed by atoms with van der Waals surface area (Å²) in [5, 5.41) is 14.0. The molecule has 9 heteroatoms. The average molecular weight is 404 g/mol. The molecule has 0 aliphatic carbocycles. The minimum absolute atomic E-state index is 0.251. The number of nitrogens with zero attached hydrogens (tertiary/aromatic N) is 4. The van der Waals surface area contributed by atoms with Crippen molar-refractivity contribution < 1.29 is 23.1 Å². The lowest BCUT2D eigenvalue weighted by Crippen LogP contribution is -2.53. The molecule has 4 rings (SSSR count). The minimum atomic E-state index is -4.38. The normalized spacial score (nSPS) is 18.0. The number of aryl methyl sites for hydroxylation is 1. The third-order valence-electron chi connectivity index (χ3n) is 5.34. The largest absolute Gasteiger partial charge is 0.480 e. The van der Waals surface area contributed by atoms with Crippen LogP contribution in [0.2, 0.25) is 0 Å². The molecule has 3 heterocycles. The number of anilines is 1. The smallest absolute Gasteiger partial charge is 0.416 e. The Hall–Kier alpha value is -3.10. The van der Waals surface area contributed by atoms with E-state index >= 15 is 0 Å². The first-order valence-corrected chi connectivity index (χ1v) is 9.19. The van der Waals surface area contributed by atoms with Crippen LogP contribution in [-0.2, 0) is 11.0 Å². The predicted octanol–water partition coefficient (Wildman–Crippen LogP) is 3.87.